The van der Waals surface area contributed by atoms with E-state index in [0.717, 1.165) is 23.8 Å². The molecule has 0 aromatic carbocycles. The number of rotatable bonds is 5. The summed E-state index contributed by atoms with van der Waals surface area (Å²) in [5.41, 5.74) is 1.43. The van der Waals surface area contributed by atoms with Crippen molar-refractivity contribution < 1.29 is 12.9 Å². The fraction of sp³-hybridized carbons (Fsp3) is 0.812. The van der Waals surface area contributed by atoms with Crippen LogP contribution in [0.25, 0.3) is 0 Å². The minimum absolute atomic E-state index is 0.0615. The van der Waals surface area contributed by atoms with Crippen LogP contribution in [0.3, 0.4) is 0 Å². The van der Waals surface area contributed by atoms with Crippen LogP contribution in [-0.4, -0.2) is 19.3 Å². The molecule has 4 nitrogen and oxygen atoms in total. The molecule has 120 valence electrons. The first-order valence-electron chi connectivity index (χ1n) is 7.89. The summed E-state index contributed by atoms with van der Waals surface area (Å²) in [6, 6.07) is 0. The molecule has 21 heavy (non-hydrogen) atoms. The number of hydrogen-bond donors (Lipinski definition) is 0. The molecule has 0 unspecified atom stereocenters. The summed E-state index contributed by atoms with van der Waals surface area (Å²) in [5, 5.41) is 3.83. The summed E-state index contributed by atoms with van der Waals surface area (Å²) < 4.78 is 29.7. The van der Waals surface area contributed by atoms with Gasteiger partial charge in [-0.25, -0.2) is 8.42 Å². The van der Waals surface area contributed by atoms with Crippen LogP contribution < -0.4 is 0 Å². The van der Waals surface area contributed by atoms with Crippen molar-refractivity contribution in [1.82, 2.24) is 5.16 Å². The van der Waals surface area contributed by atoms with Gasteiger partial charge in [-0.3, -0.25) is 0 Å². The average molecular weight is 313 g/mol. The van der Waals surface area contributed by atoms with E-state index >= 15 is 0 Å². The Morgan fingerprint density at radius 3 is 2.29 bits per heavy atom. The predicted molar refractivity (Wildman–Crippen MR) is 83.8 cm³/mol. The minimum Gasteiger partial charge on any atom is -0.361 e. The number of hydrogen-bond acceptors (Lipinski definition) is 4. The van der Waals surface area contributed by atoms with Crippen molar-refractivity contribution >= 4 is 9.84 Å². The molecule has 0 saturated heterocycles. The fourth-order valence-electron chi connectivity index (χ4n) is 3.70. The average Bonchev–Trinajstić information content (AvgIpc) is 2.67. The fourth-order valence-corrected chi connectivity index (χ4v) is 5.38. The van der Waals surface area contributed by atoms with Crippen LogP contribution >= 0.6 is 0 Å². The van der Waals surface area contributed by atoms with E-state index in [-0.39, 0.29) is 11.5 Å². The highest BCUT2D eigenvalue weighted by molar-refractivity contribution is 7.90. The molecule has 5 heteroatoms. The number of aryl methyl sites for hydroxylation is 2. The van der Waals surface area contributed by atoms with E-state index in [0.29, 0.717) is 17.4 Å². The quantitative estimate of drug-likeness (QED) is 0.832. The van der Waals surface area contributed by atoms with Crippen LogP contribution in [0.15, 0.2) is 4.52 Å². The first kappa shape index (κ1) is 16.5. The van der Waals surface area contributed by atoms with Crippen LogP contribution in [0, 0.1) is 31.6 Å². The third-order valence-corrected chi connectivity index (χ3v) is 6.24. The standard InChI is InChI=1S/C16H27NO3S/c1-11-7-12(2)9-15(8-11)5-6-21(18,19)10-16-13(3)17-20-14(16)4/h11-12,15H,5-10H2,1-4H3/t11-,12-/m1/s1. The monoisotopic (exact) mass is 313 g/mol. The summed E-state index contributed by atoms with van der Waals surface area (Å²) in [5.74, 6) is 2.97. The molecule has 1 aromatic heterocycles. The van der Waals surface area contributed by atoms with Gasteiger partial charge in [0.05, 0.1) is 17.2 Å². The highest BCUT2D eigenvalue weighted by Gasteiger charge is 2.26. The lowest BCUT2D eigenvalue weighted by molar-refractivity contribution is 0.215. The number of aromatic nitrogens is 1. The summed E-state index contributed by atoms with van der Waals surface area (Å²) in [4.78, 5) is 0. The Morgan fingerprint density at radius 1 is 1.14 bits per heavy atom. The van der Waals surface area contributed by atoms with Crippen molar-refractivity contribution in [1.29, 1.82) is 0 Å². The van der Waals surface area contributed by atoms with Crippen molar-refractivity contribution in [2.75, 3.05) is 5.75 Å². The predicted octanol–water partition coefficient (Wildman–Crippen LogP) is 3.67. The maximum Gasteiger partial charge on any atom is 0.154 e. The Kier molecular flexibility index (Phi) is 5.12. The molecule has 1 heterocycles. The SMILES string of the molecule is Cc1noc(C)c1CS(=O)(=O)CCC1C[C@H](C)C[C@@H](C)C1. The Balaban J connectivity index is 1.92. The van der Waals surface area contributed by atoms with Crippen LogP contribution in [0.5, 0.6) is 0 Å². The second-order valence-corrected chi connectivity index (χ2v) is 9.15. The molecule has 1 aromatic rings. The van der Waals surface area contributed by atoms with Gasteiger partial charge >= 0.3 is 0 Å². The Bertz CT molecular complexity index is 547. The molecule has 0 bridgehead atoms. The molecular weight excluding hydrogens is 286 g/mol. The summed E-state index contributed by atoms with van der Waals surface area (Å²) in [6.45, 7) is 8.13. The van der Waals surface area contributed by atoms with Crippen LogP contribution in [0.4, 0.5) is 0 Å². The molecule has 1 saturated carbocycles. The maximum absolute atomic E-state index is 12.3. The van der Waals surface area contributed by atoms with Gasteiger partial charge in [-0.05, 0) is 57.3 Å². The van der Waals surface area contributed by atoms with Crippen molar-refractivity contribution in [3.8, 4) is 0 Å². The first-order valence-corrected chi connectivity index (χ1v) is 9.71. The van der Waals surface area contributed by atoms with Gasteiger partial charge in [0, 0.05) is 5.56 Å². The minimum atomic E-state index is -3.08. The first-order chi connectivity index (χ1) is 9.77. The van der Waals surface area contributed by atoms with Gasteiger partial charge in [0.2, 0.25) is 0 Å². The van der Waals surface area contributed by atoms with Gasteiger partial charge in [-0.15, -0.1) is 0 Å². The maximum atomic E-state index is 12.3. The van der Waals surface area contributed by atoms with Crippen molar-refractivity contribution in [2.45, 2.75) is 59.1 Å². The van der Waals surface area contributed by atoms with E-state index in [1.807, 2.05) is 0 Å². The third-order valence-electron chi connectivity index (χ3n) is 4.66. The van der Waals surface area contributed by atoms with E-state index in [1.165, 1.54) is 19.3 Å². The Hall–Kier alpha value is -0.840. The molecule has 2 rings (SSSR count). The molecular formula is C16H27NO3S. The van der Waals surface area contributed by atoms with Crippen LogP contribution in [-0.2, 0) is 15.6 Å². The molecule has 1 aliphatic carbocycles. The molecule has 2 atom stereocenters. The van der Waals surface area contributed by atoms with Gasteiger partial charge in [0.25, 0.3) is 0 Å². The van der Waals surface area contributed by atoms with Gasteiger partial charge < -0.3 is 4.52 Å². The highest BCUT2D eigenvalue weighted by atomic mass is 32.2. The van der Waals surface area contributed by atoms with Crippen molar-refractivity contribution in [3.63, 3.8) is 0 Å². The molecule has 0 amide bonds. The smallest absolute Gasteiger partial charge is 0.154 e. The molecule has 1 fully saturated rings. The van der Waals surface area contributed by atoms with E-state index in [1.54, 1.807) is 13.8 Å². The topological polar surface area (TPSA) is 60.2 Å². The lowest BCUT2D eigenvalue weighted by Crippen LogP contribution is -2.22. The van der Waals surface area contributed by atoms with Gasteiger partial charge in [-0.2, -0.15) is 0 Å². The molecule has 0 N–H and O–H groups in total. The Labute approximate surface area is 128 Å². The lowest BCUT2D eigenvalue weighted by atomic mass is 9.76. The van der Waals surface area contributed by atoms with E-state index < -0.39 is 9.84 Å². The zero-order valence-electron chi connectivity index (χ0n) is 13.6. The van der Waals surface area contributed by atoms with Gasteiger partial charge in [0.1, 0.15) is 5.76 Å². The second kappa shape index (κ2) is 6.51. The zero-order valence-corrected chi connectivity index (χ0v) is 14.4. The summed E-state index contributed by atoms with van der Waals surface area (Å²) in [7, 11) is -3.08. The lowest BCUT2D eigenvalue weighted by Gasteiger charge is -2.31. The summed E-state index contributed by atoms with van der Waals surface area (Å²) in [6.07, 6.45) is 4.42. The van der Waals surface area contributed by atoms with Crippen LogP contribution in [0.2, 0.25) is 0 Å². The van der Waals surface area contributed by atoms with Crippen molar-refractivity contribution in [3.05, 3.63) is 17.0 Å². The van der Waals surface area contributed by atoms with Gasteiger partial charge in [0.15, 0.2) is 9.84 Å². The highest BCUT2D eigenvalue weighted by Crippen LogP contribution is 2.35. The van der Waals surface area contributed by atoms with E-state index in [4.69, 9.17) is 4.52 Å². The van der Waals surface area contributed by atoms with Gasteiger partial charge in [-0.1, -0.05) is 19.0 Å². The van der Waals surface area contributed by atoms with E-state index in [2.05, 4.69) is 19.0 Å². The van der Waals surface area contributed by atoms with Crippen molar-refractivity contribution in [2.24, 2.45) is 17.8 Å². The Morgan fingerprint density at radius 2 is 1.76 bits per heavy atom. The summed E-state index contributed by atoms with van der Waals surface area (Å²) >= 11 is 0. The molecule has 0 radical (unpaired) electrons. The molecule has 0 spiro atoms. The molecule has 0 aliphatic heterocycles. The third kappa shape index (κ3) is 4.56. The van der Waals surface area contributed by atoms with Crippen LogP contribution in [0.1, 0.15) is 56.5 Å². The second-order valence-electron chi connectivity index (χ2n) is 6.97. The number of sulfone groups is 1. The largest absolute Gasteiger partial charge is 0.361 e. The van der Waals surface area contributed by atoms with E-state index in [9.17, 15) is 8.42 Å². The molecule has 1 aliphatic rings. The zero-order chi connectivity index (χ0) is 15.6. The normalized spacial score (nSPS) is 27.0. The number of nitrogens with zero attached hydrogens (tertiary/aromatic N) is 1.